The van der Waals surface area contributed by atoms with E-state index in [4.69, 9.17) is 22.1 Å². The van der Waals surface area contributed by atoms with Crippen molar-refractivity contribution in [3.05, 3.63) is 35.1 Å². The molecule has 7 heteroatoms. The molecule has 2 aromatic rings. The van der Waals surface area contributed by atoms with Crippen molar-refractivity contribution in [2.24, 2.45) is 5.73 Å². The molecule has 2 rings (SSSR count). The zero-order valence-corrected chi connectivity index (χ0v) is 10.9. The maximum atomic E-state index is 10.4. The van der Waals surface area contributed by atoms with Crippen molar-refractivity contribution in [2.45, 2.75) is 0 Å². The third kappa shape index (κ3) is 2.97. The maximum absolute atomic E-state index is 10.4. The molecule has 0 radical (unpaired) electrons. The monoisotopic (exact) mass is 281 g/mol. The molecule has 1 amide bonds. The minimum atomic E-state index is -0.809. The van der Waals surface area contributed by atoms with E-state index in [-0.39, 0.29) is 6.61 Å². The van der Waals surface area contributed by atoms with E-state index in [1.807, 2.05) is 6.07 Å². The number of fused-ring (bicyclic) bond motifs is 1. The highest BCUT2D eigenvalue weighted by Crippen LogP contribution is 2.28. The molecule has 0 bridgehead atoms. The number of ether oxygens (including phenoxy) is 2. The van der Waals surface area contributed by atoms with Crippen LogP contribution in [0.3, 0.4) is 0 Å². The fourth-order valence-corrected chi connectivity index (χ4v) is 1.85. The van der Waals surface area contributed by atoms with E-state index >= 15 is 0 Å². The number of aromatic nitrogens is 2. The summed E-state index contributed by atoms with van der Waals surface area (Å²) >= 11 is 6.02. The van der Waals surface area contributed by atoms with Crippen LogP contribution in [0.1, 0.15) is 5.56 Å². The molecule has 0 saturated heterocycles. The number of pyridine rings is 1. The van der Waals surface area contributed by atoms with Crippen LogP contribution in [-0.4, -0.2) is 29.4 Å². The van der Waals surface area contributed by atoms with Crippen molar-refractivity contribution in [3.63, 3.8) is 0 Å². The fourth-order valence-electron chi connectivity index (χ4n) is 1.63. The summed E-state index contributed by atoms with van der Waals surface area (Å²) in [5, 5.41) is 4.63. The highest BCUT2D eigenvalue weighted by Gasteiger charge is 2.09. The first kappa shape index (κ1) is 13.2. The van der Waals surface area contributed by atoms with Gasteiger partial charge < -0.3 is 15.2 Å². The summed E-state index contributed by atoms with van der Waals surface area (Å²) < 4.78 is 11.5. The lowest BCUT2D eigenvalue weighted by Crippen LogP contribution is -2.12. The smallest absolute Gasteiger partial charge is 0.404 e. The van der Waals surface area contributed by atoms with Crippen molar-refractivity contribution < 1.29 is 14.3 Å². The number of hydrogen-bond donors (Lipinski definition) is 1. The average molecular weight is 282 g/mol. The molecule has 19 heavy (non-hydrogen) atoms. The van der Waals surface area contributed by atoms with Crippen molar-refractivity contribution in [2.75, 3.05) is 13.7 Å². The molecular formula is C12H12ClN3O3. The number of halogens is 1. The summed E-state index contributed by atoms with van der Waals surface area (Å²) in [6.07, 6.45) is 5.95. The highest BCUT2D eigenvalue weighted by atomic mass is 35.5. The number of carbonyl (C=O) groups is 1. The van der Waals surface area contributed by atoms with Gasteiger partial charge in [-0.25, -0.2) is 9.31 Å². The summed E-state index contributed by atoms with van der Waals surface area (Å²) in [7, 11) is 1.56. The molecule has 2 N–H and O–H groups in total. The summed E-state index contributed by atoms with van der Waals surface area (Å²) in [5.41, 5.74) is 6.39. The molecule has 0 saturated carbocycles. The Morgan fingerprint density at radius 1 is 1.63 bits per heavy atom. The molecule has 100 valence electrons. The van der Waals surface area contributed by atoms with Crippen LogP contribution in [0.2, 0.25) is 5.02 Å². The number of rotatable bonds is 4. The summed E-state index contributed by atoms with van der Waals surface area (Å²) in [6.45, 7) is 0.107. The van der Waals surface area contributed by atoms with Crippen LogP contribution in [0.4, 0.5) is 4.79 Å². The van der Waals surface area contributed by atoms with Gasteiger partial charge >= 0.3 is 6.09 Å². The predicted molar refractivity (Wildman–Crippen MR) is 71.3 cm³/mol. The third-order valence-electron chi connectivity index (χ3n) is 2.41. The second-order valence-corrected chi connectivity index (χ2v) is 4.07. The predicted octanol–water partition coefficient (Wildman–Crippen LogP) is 2.10. The van der Waals surface area contributed by atoms with E-state index in [0.717, 1.165) is 5.56 Å². The Balaban J connectivity index is 2.27. The molecule has 6 nitrogen and oxygen atoms in total. The number of amides is 1. The number of nitrogens with two attached hydrogens (primary N) is 1. The Hall–Kier alpha value is -2.21. The van der Waals surface area contributed by atoms with Gasteiger partial charge in [0.2, 0.25) is 0 Å². The van der Waals surface area contributed by atoms with Crippen LogP contribution in [0.5, 0.6) is 5.75 Å². The quantitative estimate of drug-likeness (QED) is 0.931. The van der Waals surface area contributed by atoms with E-state index < -0.39 is 6.09 Å². The van der Waals surface area contributed by atoms with Gasteiger partial charge in [-0.3, -0.25) is 0 Å². The molecule has 0 fully saturated rings. The first-order valence-electron chi connectivity index (χ1n) is 5.41. The molecule has 0 aromatic carbocycles. The first-order chi connectivity index (χ1) is 9.11. The van der Waals surface area contributed by atoms with Gasteiger partial charge in [0.05, 0.1) is 18.3 Å². The van der Waals surface area contributed by atoms with Gasteiger partial charge in [0.1, 0.15) is 17.9 Å². The van der Waals surface area contributed by atoms with E-state index in [0.29, 0.717) is 16.3 Å². The molecule has 0 atom stereocenters. The Labute approximate surface area is 114 Å². The lowest BCUT2D eigenvalue weighted by molar-refractivity contribution is 0.169. The second-order valence-electron chi connectivity index (χ2n) is 3.66. The van der Waals surface area contributed by atoms with Crippen LogP contribution in [-0.2, 0) is 4.74 Å². The summed E-state index contributed by atoms with van der Waals surface area (Å²) in [4.78, 5) is 10.4. The number of methoxy groups -OCH3 is 1. The Morgan fingerprint density at radius 2 is 2.42 bits per heavy atom. The fraction of sp³-hybridized carbons (Fsp3) is 0.167. The Morgan fingerprint density at radius 3 is 3.11 bits per heavy atom. The molecule has 0 aliphatic carbocycles. The number of hydrogen-bond acceptors (Lipinski definition) is 4. The Kier molecular flexibility index (Phi) is 3.91. The van der Waals surface area contributed by atoms with Gasteiger partial charge in [-0.2, -0.15) is 5.10 Å². The average Bonchev–Trinajstić information content (AvgIpc) is 2.75. The minimum Gasteiger partial charge on any atom is -0.494 e. The van der Waals surface area contributed by atoms with Gasteiger partial charge in [0.25, 0.3) is 0 Å². The van der Waals surface area contributed by atoms with Crippen LogP contribution >= 0.6 is 11.6 Å². The molecule has 0 spiro atoms. The molecule has 0 aliphatic heterocycles. The lowest BCUT2D eigenvalue weighted by Gasteiger charge is -2.05. The normalized spacial score (nSPS) is 11.1. The van der Waals surface area contributed by atoms with Gasteiger partial charge in [-0.15, -0.1) is 0 Å². The van der Waals surface area contributed by atoms with E-state index in [1.54, 1.807) is 36.2 Å². The summed E-state index contributed by atoms with van der Waals surface area (Å²) in [5.74, 6) is 0.612. The van der Waals surface area contributed by atoms with Crippen molar-refractivity contribution >= 4 is 29.3 Å². The summed E-state index contributed by atoms with van der Waals surface area (Å²) in [6, 6.07) is 1.81. The van der Waals surface area contributed by atoms with Crippen LogP contribution in [0.15, 0.2) is 24.5 Å². The number of carbonyl (C=O) groups excluding carboxylic acids is 1. The number of primary amides is 1. The van der Waals surface area contributed by atoms with Crippen molar-refractivity contribution in [3.8, 4) is 5.75 Å². The Bertz CT molecular complexity index is 636. The van der Waals surface area contributed by atoms with Crippen LogP contribution < -0.4 is 10.5 Å². The van der Waals surface area contributed by atoms with E-state index in [9.17, 15) is 4.79 Å². The zero-order valence-electron chi connectivity index (χ0n) is 10.2. The minimum absolute atomic E-state index is 0.107. The molecular weight excluding hydrogens is 270 g/mol. The molecule has 0 aliphatic rings. The molecule has 2 heterocycles. The SMILES string of the molecule is COc1cc(/C=C/COC(N)=O)cn2ncc(Cl)c12. The number of nitrogens with zero attached hydrogens (tertiary/aromatic N) is 2. The standard InChI is InChI=1S/C12H12ClN3O3/c1-18-10-5-8(3-2-4-19-12(14)17)7-16-11(10)9(13)6-15-16/h2-3,5-7H,4H2,1H3,(H2,14,17)/b3-2+. The topological polar surface area (TPSA) is 78.9 Å². The van der Waals surface area contributed by atoms with Gasteiger partial charge in [-0.1, -0.05) is 17.7 Å². The third-order valence-corrected chi connectivity index (χ3v) is 2.68. The molecule has 2 aromatic heterocycles. The first-order valence-corrected chi connectivity index (χ1v) is 5.79. The van der Waals surface area contributed by atoms with E-state index in [1.165, 1.54) is 0 Å². The second kappa shape index (κ2) is 5.62. The molecule has 0 unspecified atom stereocenters. The van der Waals surface area contributed by atoms with Crippen molar-refractivity contribution in [1.82, 2.24) is 9.61 Å². The van der Waals surface area contributed by atoms with Crippen molar-refractivity contribution in [1.29, 1.82) is 0 Å². The van der Waals surface area contributed by atoms with E-state index in [2.05, 4.69) is 9.84 Å². The van der Waals surface area contributed by atoms with Gasteiger partial charge in [-0.05, 0) is 17.7 Å². The largest absolute Gasteiger partial charge is 0.494 e. The maximum Gasteiger partial charge on any atom is 0.404 e. The highest BCUT2D eigenvalue weighted by molar-refractivity contribution is 6.34. The van der Waals surface area contributed by atoms with Crippen LogP contribution in [0.25, 0.3) is 11.6 Å². The van der Waals surface area contributed by atoms with Crippen LogP contribution in [0, 0.1) is 0 Å². The zero-order chi connectivity index (χ0) is 13.8. The lowest BCUT2D eigenvalue weighted by atomic mass is 10.2. The van der Waals surface area contributed by atoms with Gasteiger partial charge in [0, 0.05) is 6.20 Å². The van der Waals surface area contributed by atoms with Gasteiger partial charge in [0.15, 0.2) is 0 Å².